The average Bonchev–Trinajstić information content (AvgIpc) is 2.83. The van der Waals surface area contributed by atoms with Crippen LogP contribution in [0, 0.1) is 0 Å². The normalized spacial score (nSPS) is 10.4. The predicted octanol–water partition coefficient (Wildman–Crippen LogP) is 2.82. The molecule has 0 aliphatic carbocycles. The van der Waals surface area contributed by atoms with Gasteiger partial charge in [-0.3, -0.25) is 5.10 Å². The Bertz CT molecular complexity index is 645. The van der Waals surface area contributed by atoms with Gasteiger partial charge in [0.25, 0.3) is 0 Å². The Morgan fingerprint density at radius 2 is 1.33 bits per heavy atom. The lowest BCUT2D eigenvalue weighted by Gasteiger charge is -2.08. The summed E-state index contributed by atoms with van der Waals surface area (Å²) in [5, 5.41) is 18.5. The Kier molecular flexibility index (Phi) is 2.57. The molecule has 3 nitrogen and oxygen atoms in total. The van der Waals surface area contributed by atoms with Gasteiger partial charge in [-0.2, -0.15) is 5.10 Å². The summed E-state index contributed by atoms with van der Waals surface area (Å²) >= 11 is 0. The molecule has 0 saturated carbocycles. The molecule has 0 spiro atoms. The van der Waals surface area contributed by atoms with Crippen molar-refractivity contribution in [2.24, 2.45) is 0 Å². The Balaban J connectivity index is 2.19. The Labute approximate surface area is 105 Å². The molecule has 2 aromatic carbocycles. The van der Waals surface area contributed by atoms with Crippen molar-refractivity contribution in [1.29, 1.82) is 0 Å². The summed E-state index contributed by atoms with van der Waals surface area (Å²) in [6.07, 6.45) is 0. The van der Waals surface area contributed by atoms with Gasteiger partial charge in [0, 0.05) is 17.0 Å². The minimum atomic E-state index is -0.222. The first-order valence-corrected chi connectivity index (χ1v) is 5.72. The van der Waals surface area contributed by atoms with Crippen LogP contribution in [-0.2, 0) is 0 Å². The lowest BCUT2D eigenvalue weighted by atomic mass is 10.0. The second-order valence-electron chi connectivity index (χ2n) is 4.01. The maximum Gasteiger partial charge on any atom is 0.0722 e. The molecule has 3 heteroatoms. The fourth-order valence-corrected chi connectivity index (χ4v) is 2.01. The van der Waals surface area contributed by atoms with E-state index in [2.05, 4.69) is 10.2 Å². The molecular formula is C15H11N2O-. The van der Waals surface area contributed by atoms with Gasteiger partial charge in [-0.05, 0) is 5.56 Å². The van der Waals surface area contributed by atoms with Crippen molar-refractivity contribution in [3.63, 3.8) is 0 Å². The number of aromatic nitrogens is 2. The fourth-order valence-electron chi connectivity index (χ4n) is 2.01. The van der Waals surface area contributed by atoms with E-state index >= 15 is 0 Å². The van der Waals surface area contributed by atoms with Crippen molar-refractivity contribution in [2.75, 3.05) is 0 Å². The summed E-state index contributed by atoms with van der Waals surface area (Å²) < 4.78 is 0. The SMILES string of the molecule is [O-]c1n[nH]c(-c2ccccc2)c1-c1ccccc1. The highest BCUT2D eigenvalue weighted by molar-refractivity contribution is 5.83. The Morgan fingerprint density at radius 1 is 0.778 bits per heavy atom. The van der Waals surface area contributed by atoms with E-state index in [4.69, 9.17) is 0 Å². The summed E-state index contributed by atoms with van der Waals surface area (Å²) in [4.78, 5) is 0. The van der Waals surface area contributed by atoms with Crippen molar-refractivity contribution in [3.05, 3.63) is 60.7 Å². The number of nitrogens with one attached hydrogen (secondary N) is 1. The molecule has 1 aromatic heterocycles. The second kappa shape index (κ2) is 4.37. The summed E-state index contributed by atoms with van der Waals surface area (Å²) in [6, 6.07) is 19.3. The van der Waals surface area contributed by atoms with Crippen molar-refractivity contribution in [3.8, 4) is 28.3 Å². The molecule has 0 saturated heterocycles. The standard InChI is InChI=1S/C15H12N2O/c18-15-13(11-7-3-1-4-8-11)14(16-17-15)12-9-5-2-6-10-12/h1-10H,(H2,16,17,18)/p-1. The quantitative estimate of drug-likeness (QED) is 0.742. The molecule has 0 bridgehead atoms. The maximum absolute atomic E-state index is 11.9. The Hall–Kier alpha value is -2.55. The Morgan fingerprint density at radius 3 is 1.94 bits per heavy atom. The number of nitrogens with zero attached hydrogens (tertiary/aromatic N) is 1. The van der Waals surface area contributed by atoms with Crippen LogP contribution < -0.4 is 5.11 Å². The van der Waals surface area contributed by atoms with Crippen molar-refractivity contribution in [1.82, 2.24) is 10.2 Å². The van der Waals surface area contributed by atoms with E-state index in [0.717, 1.165) is 16.8 Å². The molecule has 1 heterocycles. The van der Waals surface area contributed by atoms with Gasteiger partial charge >= 0.3 is 0 Å². The number of benzene rings is 2. The molecule has 0 atom stereocenters. The number of aromatic amines is 1. The third-order valence-corrected chi connectivity index (χ3v) is 2.86. The molecule has 18 heavy (non-hydrogen) atoms. The van der Waals surface area contributed by atoms with Gasteiger partial charge in [0.1, 0.15) is 0 Å². The molecule has 3 rings (SSSR count). The minimum absolute atomic E-state index is 0.222. The van der Waals surface area contributed by atoms with Crippen LogP contribution in [0.3, 0.4) is 0 Å². The largest absolute Gasteiger partial charge is 0.857 e. The summed E-state index contributed by atoms with van der Waals surface area (Å²) in [6.45, 7) is 0. The van der Waals surface area contributed by atoms with Gasteiger partial charge in [-0.25, -0.2) is 0 Å². The summed E-state index contributed by atoms with van der Waals surface area (Å²) in [7, 11) is 0. The van der Waals surface area contributed by atoms with E-state index in [1.54, 1.807) is 0 Å². The van der Waals surface area contributed by atoms with Crippen molar-refractivity contribution >= 4 is 0 Å². The van der Waals surface area contributed by atoms with Gasteiger partial charge in [-0.1, -0.05) is 60.7 Å². The van der Waals surface area contributed by atoms with Crippen LogP contribution in [0.15, 0.2) is 60.7 Å². The first kappa shape index (κ1) is 10.6. The molecule has 88 valence electrons. The predicted molar refractivity (Wildman–Crippen MR) is 68.9 cm³/mol. The molecule has 0 aliphatic heterocycles. The van der Waals surface area contributed by atoms with Gasteiger partial charge < -0.3 is 5.11 Å². The molecule has 1 N–H and O–H groups in total. The van der Waals surface area contributed by atoms with E-state index in [9.17, 15) is 5.11 Å². The van der Waals surface area contributed by atoms with Crippen LogP contribution in [-0.4, -0.2) is 10.2 Å². The molecule has 0 aliphatic rings. The molecule has 3 aromatic rings. The number of H-pyrrole nitrogens is 1. The lowest BCUT2D eigenvalue weighted by molar-refractivity contribution is -0.274. The van der Waals surface area contributed by atoms with E-state index in [-0.39, 0.29) is 5.88 Å². The third-order valence-electron chi connectivity index (χ3n) is 2.86. The van der Waals surface area contributed by atoms with Crippen LogP contribution in [0.4, 0.5) is 0 Å². The van der Waals surface area contributed by atoms with Crippen LogP contribution in [0.5, 0.6) is 5.88 Å². The van der Waals surface area contributed by atoms with Gasteiger partial charge in [0.15, 0.2) is 0 Å². The number of hydrogen-bond acceptors (Lipinski definition) is 2. The monoisotopic (exact) mass is 235 g/mol. The van der Waals surface area contributed by atoms with E-state index in [1.165, 1.54) is 0 Å². The maximum atomic E-state index is 11.9. The highest BCUT2D eigenvalue weighted by Gasteiger charge is 2.10. The zero-order valence-electron chi connectivity index (χ0n) is 9.63. The summed E-state index contributed by atoms with van der Waals surface area (Å²) in [5.74, 6) is -0.222. The molecule has 0 radical (unpaired) electrons. The lowest BCUT2D eigenvalue weighted by Crippen LogP contribution is -1.92. The van der Waals surface area contributed by atoms with Crippen LogP contribution >= 0.6 is 0 Å². The highest BCUT2D eigenvalue weighted by atomic mass is 16.3. The van der Waals surface area contributed by atoms with E-state index in [0.29, 0.717) is 5.56 Å². The van der Waals surface area contributed by atoms with Crippen LogP contribution in [0.1, 0.15) is 0 Å². The van der Waals surface area contributed by atoms with Gasteiger partial charge in [0.05, 0.1) is 5.69 Å². The number of rotatable bonds is 2. The fraction of sp³-hybridized carbons (Fsp3) is 0. The molecule has 0 amide bonds. The second-order valence-corrected chi connectivity index (χ2v) is 4.01. The van der Waals surface area contributed by atoms with Crippen molar-refractivity contribution in [2.45, 2.75) is 0 Å². The molecule has 0 fully saturated rings. The van der Waals surface area contributed by atoms with E-state index in [1.807, 2.05) is 60.7 Å². The van der Waals surface area contributed by atoms with E-state index < -0.39 is 0 Å². The molecule has 0 unspecified atom stereocenters. The zero-order chi connectivity index (χ0) is 12.4. The smallest absolute Gasteiger partial charge is 0.0722 e. The average molecular weight is 235 g/mol. The zero-order valence-corrected chi connectivity index (χ0v) is 9.63. The number of hydrogen-bond donors (Lipinski definition) is 1. The van der Waals surface area contributed by atoms with Gasteiger partial charge in [-0.15, -0.1) is 0 Å². The third kappa shape index (κ3) is 1.76. The molecular weight excluding hydrogens is 224 g/mol. The van der Waals surface area contributed by atoms with Crippen molar-refractivity contribution < 1.29 is 5.11 Å². The topological polar surface area (TPSA) is 51.7 Å². The summed E-state index contributed by atoms with van der Waals surface area (Å²) in [5.41, 5.74) is 3.25. The first-order chi connectivity index (χ1) is 8.86. The highest BCUT2D eigenvalue weighted by Crippen LogP contribution is 2.34. The minimum Gasteiger partial charge on any atom is -0.857 e. The van der Waals surface area contributed by atoms with Crippen LogP contribution in [0.2, 0.25) is 0 Å². The van der Waals surface area contributed by atoms with Crippen LogP contribution in [0.25, 0.3) is 22.4 Å². The van der Waals surface area contributed by atoms with Gasteiger partial charge in [0.2, 0.25) is 0 Å². The first-order valence-electron chi connectivity index (χ1n) is 5.72.